The predicted molar refractivity (Wildman–Crippen MR) is 71.6 cm³/mol. The van der Waals surface area contributed by atoms with Crippen LogP contribution in [0.4, 0.5) is 11.4 Å². The SMILES string of the molecule is Cc1ccc(N2CCCCC2)c(N(C)C)c1. The topological polar surface area (TPSA) is 6.48 Å². The van der Waals surface area contributed by atoms with E-state index in [0.29, 0.717) is 0 Å². The number of anilines is 2. The Balaban J connectivity index is 2.31. The standard InChI is InChI=1S/C14H22N2/c1-12-7-8-13(14(11-12)15(2)3)16-9-5-4-6-10-16/h7-8,11H,4-6,9-10H2,1-3H3. The van der Waals surface area contributed by atoms with Gasteiger partial charge in [-0.2, -0.15) is 0 Å². The summed E-state index contributed by atoms with van der Waals surface area (Å²) in [7, 11) is 4.25. The molecule has 0 radical (unpaired) electrons. The zero-order valence-corrected chi connectivity index (χ0v) is 10.7. The molecule has 2 rings (SSSR count). The number of aryl methyl sites for hydroxylation is 1. The predicted octanol–water partition coefficient (Wildman–Crippen LogP) is 3.05. The van der Waals surface area contributed by atoms with Gasteiger partial charge < -0.3 is 9.80 Å². The average Bonchev–Trinajstić information content (AvgIpc) is 2.30. The summed E-state index contributed by atoms with van der Waals surface area (Å²) in [6.45, 7) is 4.58. The molecule has 0 bridgehead atoms. The molecule has 0 aromatic heterocycles. The molecule has 2 nitrogen and oxygen atoms in total. The van der Waals surface area contributed by atoms with Gasteiger partial charge in [-0.1, -0.05) is 6.07 Å². The van der Waals surface area contributed by atoms with E-state index < -0.39 is 0 Å². The van der Waals surface area contributed by atoms with Crippen LogP contribution < -0.4 is 9.80 Å². The van der Waals surface area contributed by atoms with Crippen molar-refractivity contribution in [3.63, 3.8) is 0 Å². The Kier molecular flexibility index (Phi) is 3.37. The van der Waals surface area contributed by atoms with Crippen molar-refractivity contribution in [3.05, 3.63) is 23.8 Å². The Morgan fingerprint density at radius 1 is 1.06 bits per heavy atom. The molecule has 1 aliphatic heterocycles. The smallest absolute Gasteiger partial charge is 0.0604 e. The molecule has 1 aromatic rings. The van der Waals surface area contributed by atoms with Crippen molar-refractivity contribution in [3.8, 4) is 0 Å². The first-order valence-corrected chi connectivity index (χ1v) is 6.21. The maximum absolute atomic E-state index is 2.53. The third kappa shape index (κ3) is 2.31. The maximum atomic E-state index is 2.53. The summed E-state index contributed by atoms with van der Waals surface area (Å²) in [5.41, 5.74) is 4.08. The van der Waals surface area contributed by atoms with Crippen LogP contribution in [0.2, 0.25) is 0 Å². The fourth-order valence-electron chi connectivity index (χ4n) is 2.39. The third-order valence-corrected chi connectivity index (χ3v) is 3.31. The Morgan fingerprint density at radius 3 is 2.38 bits per heavy atom. The first-order chi connectivity index (χ1) is 7.68. The van der Waals surface area contributed by atoms with Gasteiger partial charge in [0.05, 0.1) is 11.4 Å². The Labute approximate surface area is 98.9 Å². The summed E-state index contributed by atoms with van der Waals surface area (Å²) in [6, 6.07) is 6.77. The fourth-order valence-corrected chi connectivity index (χ4v) is 2.39. The van der Waals surface area contributed by atoms with Crippen molar-refractivity contribution in [1.29, 1.82) is 0 Å². The average molecular weight is 218 g/mol. The lowest BCUT2D eigenvalue weighted by atomic mass is 10.1. The van der Waals surface area contributed by atoms with Gasteiger partial charge in [-0.25, -0.2) is 0 Å². The molecule has 0 atom stereocenters. The van der Waals surface area contributed by atoms with Gasteiger partial charge >= 0.3 is 0 Å². The second-order valence-corrected chi connectivity index (χ2v) is 4.93. The van der Waals surface area contributed by atoms with Gasteiger partial charge in [0.2, 0.25) is 0 Å². The molecule has 1 aromatic carbocycles. The van der Waals surface area contributed by atoms with Crippen LogP contribution >= 0.6 is 0 Å². The molecule has 0 N–H and O–H groups in total. The highest BCUT2D eigenvalue weighted by Crippen LogP contribution is 2.31. The van der Waals surface area contributed by atoms with Gasteiger partial charge in [-0.15, -0.1) is 0 Å². The van der Waals surface area contributed by atoms with Crippen LogP contribution in [0.5, 0.6) is 0 Å². The quantitative estimate of drug-likeness (QED) is 0.753. The zero-order valence-electron chi connectivity index (χ0n) is 10.7. The molecule has 0 saturated carbocycles. The van der Waals surface area contributed by atoms with E-state index in [1.165, 1.54) is 49.3 Å². The van der Waals surface area contributed by atoms with Gasteiger partial charge in [0.1, 0.15) is 0 Å². The molecule has 1 aliphatic rings. The second-order valence-electron chi connectivity index (χ2n) is 4.93. The van der Waals surface area contributed by atoms with Crippen LogP contribution in [0.25, 0.3) is 0 Å². The van der Waals surface area contributed by atoms with Crippen molar-refractivity contribution in [2.24, 2.45) is 0 Å². The number of benzene rings is 1. The van der Waals surface area contributed by atoms with Crippen LogP contribution in [0.15, 0.2) is 18.2 Å². The van der Waals surface area contributed by atoms with Crippen LogP contribution in [-0.4, -0.2) is 27.2 Å². The van der Waals surface area contributed by atoms with E-state index in [9.17, 15) is 0 Å². The Bertz CT molecular complexity index is 352. The van der Waals surface area contributed by atoms with Crippen LogP contribution in [0, 0.1) is 6.92 Å². The van der Waals surface area contributed by atoms with Gasteiger partial charge in [-0.3, -0.25) is 0 Å². The van der Waals surface area contributed by atoms with Gasteiger partial charge in [0.25, 0.3) is 0 Å². The van der Waals surface area contributed by atoms with E-state index in [4.69, 9.17) is 0 Å². The highest BCUT2D eigenvalue weighted by Gasteiger charge is 2.15. The number of hydrogen-bond donors (Lipinski definition) is 0. The number of rotatable bonds is 2. The molecule has 0 unspecified atom stereocenters. The van der Waals surface area contributed by atoms with Crippen molar-refractivity contribution in [2.45, 2.75) is 26.2 Å². The molecule has 16 heavy (non-hydrogen) atoms. The zero-order chi connectivity index (χ0) is 11.5. The summed E-state index contributed by atoms with van der Waals surface area (Å²) in [5.74, 6) is 0. The monoisotopic (exact) mass is 218 g/mol. The van der Waals surface area contributed by atoms with E-state index in [1.807, 2.05) is 0 Å². The molecule has 1 fully saturated rings. The van der Waals surface area contributed by atoms with E-state index in [0.717, 1.165) is 0 Å². The Morgan fingerprint density at radius 2 is 1.75 bits per heavy atom. The first kappa shape index (κ1) is 11.3. The first-order valence-electron chi connectivity index (χ1n) is 6.21. The summed E-state index contributed by atoms with van der Waals surface area (Å²) in [5, 5.41) is 0. The highest BCUT2D eigenvalue weighted by atomic mass is 15.2. The molecule has 1 heterocycles. The highest BCUT2D eigenvalue weighted by molar-refractivity contribution is 5.71. The van der Waals surface area contributed by atoms with Gasteiger partial charge in [0.15, 0.2) is 0 Å². The minimum absolute atomic E-state index is 1.21. The summed E-state index contributed by atoms with van der Waals surface area (Å²) in [4.78, 5) is 4.75. The minimum atomic E-state index is 1.21. The summed E-state index contributed by atoms with van der Waals surface area (Å²) in [6.07, 6.45) is 4.06. The molecule has 0 spiro atoms. The van der Waals surface area contributed by atoms with Gasteiger partial charge in [-0.05, 0) is 43.9 Å². The number of hydrogen-bond acceptors (Lipinski definition) is 2. The normalized spacial score (nSPS) is 16.3. The second kappa shape index (κ2) is 4.77. The number of piperidine rings is 1. The van der Waals surface area contributed by atoms with Crippen molar-refractivity contribution in [2.75, 3.05) is 37.0 Å². The van der Waals surface area contributed by atoms with Crippen molar-refractivity contribution >= 4 is 11.4 Å². The molecular formula is C14H22N2. The van der Waals surface area contributed by atoms with Gasteiger partial charge in [0, 0.05) is 27.2 Å². The molecule has 1 saturated heterocycles. The largest absolute Gasteiger partial charge is 0.376 e. The number of nitrogens with zero attached hydrogens (tertiary/aromatic N) is 2. The van der Waals surface area contributed by atoms with E-state index in [2.05, 4.69) is 49.0 Å². The lowest BCUT2D eigenvalue weighted by Crippen LogP contribution is -2.30. The van der Waals surface area contributed by atoms with E-state index in [1.54, 1.807) is 0 Å². The Hall–Kier alpha value is -1.18. The summed E-state index contributed by atoms with van der Waals surface area (Å²) < 4.78 is 0. The molecular weight excluding hydrogens is 196 g/mol. The van der Waals surface area contributed by atoms with E-state index >= 15 is 0 Å². The van der Waals surface area contributed by atoms with Crippen molar-refractivity contribution in [1.82, 2.24) is 0 Å². The maximum Gasteiger partial charge on any atom is 0.0604 e. The van der Waals surface area contributed by atoms with Crippen LogP contribution in [0.1, 0.15) is 24.8 Å². The lowest BCUT2D eigenvalue weighted by molar-refractivity contribution is 0.578. The molecule has 0 amide bonds. The van der Waals surface area contributed by atoms with Crippen LogP contribution in [-0.2, 0) is 0 Å². The lowest BCUT2D eigenvalue weighted by Gasteiger charge is -2.32. The summed E-state index contributed by atoms with van der Waals surface area (Å²) >= 11 is 0. The molecule has 0 aliphatic carbocycles. The third-order valence-electron chi connectivity index (χ3n) is 3.31. The minimum Gasteiger partial charge on any atom is -0.376 e. The van der Waals surface area contributed by atoms with Crippen molar-refractivity contribution < 1.29 is 0 Å². The fraction of sp³-hybridized carbons (Fsp3) is 0.571. The molecule has 88 valence electrons. The van der Waals surface area contributed by atoms with E-state index in [-0.39, 0.29) is 0 Å². The van der Waals surface area contributed by atoms with Crippen LogP contribution in [0.3, 0.4) is 0 Å². The molecule has 2 heteroatoms.